The molecular formula is C19H25NO5S2. The molecule has 2 aromatic rings. The van der Waals surface area contributed by atoms with Gasteiger partial charge in [-0.2, -0.15) is 8.42 Å². The summed E-state index contributed by atoms with van der Waals surface area (Å²) in [7, 11) is -7.75. The van der Waals surface area contributed by atoms with Crippen LogP contribution in [-0.2, 0) is 24.3 Å². The molecule has 0 aliphatic heterocycles. The van der Waals surface area contributed by atoms with Gasteiger partial charge in [0.2, 0.25) is 10.0 Å². The van der Waals surface area contributed by atoms with Crippen molar-refractivity contribution in [3.05, 3.63) is 59.7 Å². The minimum Gasteiger partial charge on any atom is -0.265 e. The molecule has 1 N–H and O–H groups in total. The summed E-state index contributed by atoms with van der Waals surface area (Å²) in [5, 5.41) is 0. The van der Waals surface area contributed by atoms with Crippen molar-refractivity contribution >= 4 is 20.1 Å². The van der Waals surface area contributed by atoms with Gasteiger partial charge in [-0.3, -0.25) is 4.18 Å². The first-order valence-corrected chi connectivity index (χ1v) is 11.5. The third-order valence-electron chi connectivity index (χ3n) is 4.15. The average molecular weight is 412 g/mol. The molecule has 0 fully saturated rings. The third kappa shape index (κ3) is 5.87. The highest BCUT2D eigenvalue weighted by molar-refractivity contribution is 7.89. The van der Waals surface area contributed by atoms with Crippen LogP contribution < -0.4 is 4.72 Å². The topological polar surface area (TPSA) is 89.5 Å². The smallest absolute Gasteiger partial charge is 0.265 e. The third-order valence-corrected chi connectivity index (χ3v) is 6.96. The molecule has 0 amide bonds. The minimum absolute atomic E-state index is 0.0389. The molecule has 2 rings (SSSR count). The minimum atomic E-state index is -3.97. The number of hydrogen-bond donors (Lipinski definition) is 1. The molecule has 0 aliphatic rings. The molecule has 2 aromatic carbocycles. The molecule has 0 spiro atoms. The molecule has 8 heteroatoms. The van der Waals surface area contributed by atoms with Gasteiger partial charge >= 0.3 is 0 Å². The molecule has 1 atom stereocenters. The quantitative estimate of drug-likeness (QED) is 0.675. The van der Waals surface area contributed by atoms with Crippen molar-refractivity contribution in [2.24, 2.45) is 5.92 Å². The van der Waals surface area contributed by atoms with Crippen LogP contribution in [0.5, 0.6) is 0 Å². The number of hydrogen-bond acceptors (Lipinski definition) is 5. The van der Waals surface area contributed by atoms with E-state index in [9.17, 15) is 16.8 Å². The van der Waals surface area contributed by atoms with E-state index >= 15 is 0 Å². The zero-order chi connectivity index (χ0) is 20.2. The largest absolute Gasteiger partial charge is 0.297 e. The molecule has 0 saturated carbocycles. The van der Waals surface area contributed by atoms with Crippen molar-refractivity contribution in [2.75, 3.05) is 6.61 Å². The fourth-order valence-electron chi connectivity index (χ4n) is 2.28. The van der Waals surface area contributed by atoms with Gasteiger partial charge in [-0.25, -0.2) is 13.1 Å². The van der Waals surface area contributed by atoms with Crippen molar-refractivity contribution in [3.8, 4) is 0 Å². The lowest BCUT2D eigenvalue weighted by atomic mass is 10.1. The second-order valence-corrected chi connectivity index (χ2v) is 10.2. The van der Waals surface area contributed by atoms with Gasteiger partial charge < -0.3 is 0 Å². The van der Waals surface area contributed by atoms with E-state index in [-0.39, 0.29) is 22.3 Å². The van der Waals surface area contributed by atoms with E-state index in [4.69, 9.17) is 4.18 Å². The van der Waals surface area contributed by atoms with Crippen LogP contribution in [0.4, 0.5) is 0 Å². The van der Waals surface area contributed by atoms with Gasteiger partial charge in [-0.15, -0.1) is 0 Å². The van der Waals surface area contributed by atoms with E-state index in [2.05, 4.69) is 4.72 Å². The summed E-state index contributed by atoms with van der Waals surface area (Å²) in [6, 6.07) is 12.0. The summed E-state index contributed by atoms with van der Waals surface area (Å²) in [5.74, 6) is -0.168. The van der Waals surface area contributed by atoms with E-state index in [0.717, 1.165) is 11.1 Å². The summed E-state index contributed by atoms with van der Waals surface area (Å²) in [4.78, 5) is 0.164. The predicted octanol–water partition coefficient (Wildman–Crippen LogP) is 3.01. The predicted molar refractivity (Wildman–Crippen MR) is 104 cm³/mol. The summed E-state index contributed by atoms with van der Waals surface area (Å²) in [6.07, 6.45) is 0. The Hall–Kier alpha value is -1.74. The first-order chi connectivity index (χ1) is 12.5. The van der Waals surface area contributed by atoms with Crippen LogP contribution in [0.25, 0.3) is 0 Å². The lowest BCUT2D eigenvalue weighted by molar-refractivity contribution is 0.252. The van der Waals surface area contributed by atoms with Crippen LogP contribution in [0.3, 0.4) is 0 Å². The molecule has 0 bridgehead atoms. The van der Waals surface area contributed by atoms with Crippen LogP contribution >= 0.6 is 0 Å². The Morgan fingerprint density at radius 2 is 1.26 bits per heavy atom. The Labute approximate surface area is 161 Å². The van der Waals surface area contributed by atoms with Gasteiger partial charge in [0.1, 0.15) is 0 Å². The Morgan fingerprint density at radius 1 is 0.815 bits per heavy atom. The molecule has 148 valence electrons. The van der Waals surface area contributed by atoms with Gasteiger partial charge in [0.15, 0.2) is 0 Å². The van der Waals surface area contributed by atoms with E-state index in [1.165, 1.54) is 24.3 Å². The van der Waals surface area contributed by atoms with Gasteiger partial charge in [0.05, 0.1) is 16.4 Å². The molecular weight excluding hydrogens is 386 g/mol. The monoisotopic (exact) mass is 411 g/mol. The van der Waals surface area contributed by atoms with Crippen molar-refractivity contribution in [1.29, 1.82) is 0 Å². The highest BCUT2D eigenvalue weighted by Crippen LogP contribution is 2.17. The molecule has 27 heavy (non-hydrogen) atoms. The molecule has 0 saturated heterocycles. The highest BCUT2D eigenvalue weighted by Gasteiger charge is 2.25. The zero-order valence-corrected chi connectivity index (χ0v) is 17.5. The zero-order valence-electron chi connectivity index (χ0n) is 15.8. The fourth-order valence-corrected chi connectivity index (χ4v) is 4.58. The maximum absolute atomic E-state index is 12.6. The lowest BCUT2D eigenvalue weighted by Gasteiger charge is -2.22. The van der Waals surface area contributed by atoms with Crippen molar-refractivity contribution < 1.29 is 21.0 Å². The van der Waals surface area contributed by atoms with Crippen LogP contribution in [-0.4, -0.2) is 29.5 Å². The van der Waals surface area contributed by atoms with Gasteiger partial charge in [0, 0.05) is 6.04 Å². The Bertz CT molecular complexity index is 964. The van der Waals surface area contributed by atoms with Crippen LogP contribution in [0.2, 0.25) is 0 Å². The molecule has 0 aliphatic carbocycles. The number of sulfonamides is 1. The number of aryl methyl sites for hydroxylation is 2. The van der Waals surface area contributed by atoms with Crippen LogP contribution in [0, 0.1) is 19.8 Å². The maximum atomic E-state index is 12.6. The lowest BCUT2D eigenvalue weighted by Crippen LogP contribution is -2.42. The summed E-state index contributed by atoms with van der Waals surface area (Å²) in [6.45, 7) is 7.02. The molecule has 6 nitrogen and oxygen atoms in total. The standard InChI is InChI=1S/C19H25NO5S2/c1-14(2)19(20-26(21,22)17-9-5-15(3)6-10-17)13-25-27(23,24)18-11-7-16(4)8-12-18/h5-12,14,19-20H,13H2,1-4H3/t19-/m0/s1. The van der Waals surface area contributed by atoms with E-state index in [1.807, 2.05) is 13.8 Å². The Morgan fingerprint density at radius 3 is 1.70 bits per heavy atom. The van der Waals surface area contributed by atoms with Crippen molar-refractivity contribution in [3.63, 3.8) is 0 Å². The first-order valence-electron chi connectivity index (χ1n) is 8.56. The Kier molecular flexibility index (Phi) is 6.80. The van der Waals surface area contributed by atoms with E-state index in [1.54, 1.807) is 38.1 Å². The van der Waals surface area contributed by atoms with Crippen LogP contribution in [0.1, 0.15) is 25.0 Å². The molecule has 0 unspecified atom stereocenters. The molecule has 0 radical (unpaired) electrons. The SMILES string of the molecule is Cc1ccc(S(=O)(=O)N[C@@H](COS(=O)(=O)c2ccc(C)cc2)C(C)C)cc1. The molecule has 0 heterocycles. The number of rotatable bonds is 8. The Balaban J connectivity index is 2.13. The number of nitrogens with one attached hydrogen (secondary N) is 1. The van der Waals surface area contributed by atoms with E-state index in [0.29, 0.717) is 0 Å². The maximum Gasteiger partial charge on any atom is 0.297 e. The normalized spacial score (nSPS) is 13.7. The van der Waals surface area contributed by atoms with Crippen LogP contribution in [0.15, 0.2) is 58.3 Å². The summed E-state index contributed by atoms with van der Waals surface area (Å²) < 4.78 is 57.5. The van der Waals surface area contributed by atoms with Gasteiger partial charge in [-0.1, -0.05) is 49.2 Å². The summed E-state index contributed by atoms with van der Waals surface area (Å²) >= 11 is 0. The second kappa shape index (κ2) is 8.52. The van der Waals surface area contributed by atoms with Gasteiger partial charge in [0.25, 0.3) is 10.1 Å². The molecule has 0 aromatic heterocycles. The highest BCUT2D eigenvalue weighted by atomic mass is 32.2. The number of benzene rings is 2. The second-order valence-electron chi connectivity index (χ2n) is 6.84. The van der Waals surface area contributed by atoms with E-state index < -0.39 is 26.2 Å². The average Bonchev–Trinajstić information content (AvgIpc) is 2.59. The van der Waals surface area contributed by atoms with Crippen molar-refractivity contribution in [2.45, 2.75) is 43.5 Å². The van der Waals surface area contributed by atoms with Crippen molar-refractivity contribution in [1.82, 2.24) is 4.72 Å². The fraction of sp³-hybridized carbons (Fsp3) is 0.368. The van der Waals surface area contributed by atoms with Gasteiger partial charge in [-0.05, 0) is 44.0 Å². The first kappa shape index (κ1) is 21.6. The summed E-state index contributed by atoms with van der Waals surface area (Å²) in [5.41, 5.74) is 1.88.